The van der Waals surface area contributed by atoms with E-state index in [0.717, 1.165) is 16.9 Å². The Balaban J connectivity index is 1.73. The lowest BCUT2D eigenvalue weighted by Crippen LogP contribution is -2.24. The molecule has 138 valence electrons. The molecule has 1 atom stereocenters. The fourth-order valence-electron chi connectivity index (χ4n) is 2.79. The van der Waals surface area contributed by atoms with Crippen LogP contribution in [-0.2, 0) is 13.0 Å². The van der Waals surface area contributed by atoms with Gasteiger partial charge in [-0.2, -0.15) is 0 Å². The van der Waals surface area contributed by atoms with Crippen molar-refractivity contribution in [2.75, 3.05) is 13.2 Å². The predicted molar refractivity (Wildman–Crippen MR) is 103 cm³/mol. The van der Waals surface area contributed by atoms with Crippen LogP contribution in [0.3, 0.4) is 0 Å². The van der Waals surface area contributed by atoms with Crippen LogP contribution in [0.5, 0.6) is 5.75 Å². The summed E-state index contributed by atoms with van der Waals surface area (Å²) in [6.45, 7) is 0.508. The van der Waals surface area contributed by atoms with E-state index in [0.29, 0.717) is 35.2 Å². The summed E-state index contributed by atoms with van der Waals surface area (Å²) in [6, 6.07) is 12.7. The Morgan fingerprint density at radius 3 is 2.77 bits per heavy atom. The van der Waals surface area contributed by atoms with Gasteiger partial charge in [-0.3, -0.25) is 0 Å². The molecule has 0 saturated heterocycles. The summed E-state index contributed by atoms with van der Waals surface area (Å²) in [6.07, 6.45) is 0.503. The summed E-state index contributed by atoms with van der Waals surface area (Å²) < 4.78 is 7.59. The van der Waals surface area contributed by atoms with Gasteiger partial charge in [-0.25, -0.2) is 4.98 Å². The molecule has 0 bridgehead atoms. The number of aliphatic hydroxyl groups is 2. The number of nitrogens with zero attached hydrogens (tertiary/aromatic N) is 2. The van der Waals surface area contributed by atoms with Crippen molar-refractivity contribution in [3.05, 3.63) is 58.3 Å². The lowest BCUT2D eigenvalue weighted by molar-refractivity contribution is 0.0927. The average Bonchev–Trinajstić information content (AvgIpc) is 2.98. The van der Waals surface area contributed by atoms with Crippen LogP contribution in [0.1, 0.15) is 12.2 Å². The first-order chi connectivity index (χ1) is 12.6. The lowest BCUT2D eigenvalue weighted by atomic mass is 10.2. The smallest absolute Gasteiger partial charge is 0.139 e. The van der Waals surface area contributed by atoms with Crippen molar-refractivity contribution in [2.45, 2.75) is 25.5 Å². The second kappa shape index (κ2) is 8.73. The van der Waals surface area contributed by atoms with Crippen LogP contribution in [0, 0.1) is 0 Å². The Morgan fingerprint density at radius 2 is 1.96 bits per heavy atom. The highest BCUT2D eigenvalue weighted by Crippen LogP contribution is 2.28. The highest BCUT2D eigenvalue weighted by molar-refractivity contribution is 6.34. The fraction of sp³-hybridized carbons (Fsp3) is 0.316. The molecule has 7 heteroatoms. The van der Waals surface area contributed by atoms with E-state index in [1.165, 1.54) is 0 Å². The molecule has 3 aromatic rings. The number of fused-ring (bicyclic) bond motifs is 1. The monoisotopic (exact) mass is 394 g/mol. The lowest BCUT2D eigenvalue weighted by Gasteiger charge is -2.16. The van der Waals surface area contributed by atoms with Crippen molar-refractivity contribution in [1.29, 1.82) is 0 Å². The second-order valence-corrected chi connectivity index (χ2v) is 6.84. The molecule has 2 N–H and O–H groups in total. The van der Waals surface area contributed by atoms with Crippen LogP contribution in [0.25, 0.3) is 11.0 Å². The minimum atomic E-state index is -0.754. The molecule has 26 heavy (non-hydrogen) atoms. The van der Waals surface area contributed by atoms with E-state index in [1.54, 1.807) is 18.2 Å². The zero-order valence-corrected chi connectivity index (χ0v) is 15.6. The average molecular weight is 395 g/mol. The van der Waals surface area contributed by atoms with Gasteiger partial charge in [0.25, 0.3) is 0 Å². The summed E-state index contributed by atoms with van der Waals surface area (Å²) in [5, 5.41) is 20.5. The summed E-state index contributed by atoms with van der Waals surface area (Å²) >= 11 is 12.0. The van der Waals surface area contributed by atoms with Crippen LogP contribution >= 0.6 is 23.2 Å². The Morgan fingerprint density at radius 1 is 1.15 bits per heavy atom. The molecule has 1 unspecified atom stereocenters. The van der Waals surface area contributed by atoms with Crippen molar-refractivity contribution in [3.63, 3.8) is 0 Å². The molecule has 0 aliphatic carbocycles. The van der Waals surface area contributed by atoms with E-state index < -0.39 is 6.10 Å². The standard InChI is InChI=1S/C19H20Cl2N2O3/c20-13-7-8-15(21)18(10-13)26-12-14(25)11-23-17-5-2-1-4-16(17)22-19(23)6-3-9-24/h1-2,4-5,7-8,10,14,24-25H,3,6,9,11-12H2. The Labute approximate surface area is 161 Å². The number of aryl methyl sites for hydroxylation is 1. The molecule has 0 spiro atoms. The van der Waals surface area contributed by atoms with Gasteiger partial charge in [0.2, 0.25) is 0 Å². The summed E-state index contributed by atoms with van der Waals surface area (Å²) in [7, 11) is 0. The minimum Gasteiger partial charge on any atom is -0.489 e. The molecule has 1 aromatic heterocycles. The predicted octanol–water partition coefficient (Wildman–Crippen LogP) is 3.71. The molecule has 0 radical (unpaired) electrons. The summed E-state index contributed by atoms with van der Waals surface area (Å²) in [4.78, 5) is 4.61. The molecule has 5 nitrogen and oxygen atoms in total. The number of hydrogen-bond donors (Lipinski definition) is 2. The van der Waals surface area contributed by atoms with E-state index in [9.17, 15) is 5.11 Å². The number of benzene rings is 2. The topological polar surface area (TPSA) is 67.5 Å². The Bertz CT molecular complexity index is 882. The molecule has 0 aliphatic rings. The molecule has 3 rings (SSSR count). The van der Waals surface area contributed by atoms with Crippen LogP contribution in [0.2, 0.25) is 10.0 Å². The molecule has 0 saturated carbocycles. The van der Waals surface area contributed by atoms with Gasteiger partial charge >= 0.3 is 0 Å². The molecule has 2 aromatic carbocycles. The van der Waals surface area contributed by atoms with Gasteiger partial charge in [0, 0.05) is 24.1 Å². The third-order valence-corrected chi connectivity index (χ3v) is 4.56. The molecule has 0 fully saturated rings. The van der Waals surface area contributed by atoms with Crippen molar-refractivity contribution in [3.8, 4) is 5.75 Å². The number of hydrogen-bond acceptors (Lipinski definition) is 4. The van der Waals surface area contributed by atoms with Crippen LogP contribution < -0.4 is 4.74 Å². The largest absolute Gasteiger partial charge is 0.489 e. The Hall–Kier alpha value is -1.79. The first-order valence-corrected chi connectivity index (χ1v) is 9.15. The third kappa shape index (κ3) is 4.48. The van der Waals surface area contributed by atoms with E-state index >= 15 is 0 Å². The highest BCUT2D eigenvalue weighted by atomic mass is 35.5. The van der Waals surface area contributed by atoms with Crippen molar-refractivity contribution in [1.82, 2.24) is 9.55 Å². The van der Waals surface area contributed by atoms with Crippen molar-refractivity contribution < 1.29 is 14.9 Å². The number of rotatable bonds is 8. The number of aliphatic hydroxyl groups excluding tert-OH is 2. The van der Waals surface area contributed by atoms with Crippen molar-refractivity contribution >= 4 is 34.2 Å². The maximum absolute atomic E-state index is 10.5. The quantitative estimate of drug-likeness (QED) is 0.610. The number of ether oxygens (including phenoxy) is 1. The number of halogens is 2. The van der Waals surface area contributed by atoms with Gasteiger partial charge in [-0.1, -0.05) is 35.3 Å². The van der Waals surface area contributed by atoms with E-state index in [2.05, 4.69) is 4.98 Å². The van der Waals surface area contributed by atoms with Gasteiger partial charge in [-0.15, -0.1) is 0 Å². The van der Waals surface area contributed by atoms with Crippen LogP contribution in [0.15, 0.2) is 42.5 Å². The molecule has 1 heterocycles. The molecular formula is C19H20Cl2N2O3. The SMILES string of the molecule is OCCCc1nc2ccccc2n1CC(O)COc1cc(Cl)ccc1Cl. The molecule has 0 aliphatic heterocycles. The van der Waals surface area contributed by atoms with Crippen molar-refractivity contribution in [2.24, 2.45) is 0 Å². The van der Waals surface area contributed by atoms with Crippen LogP contribution in [-0.4, -0.2) is 39.1 Å². The first kappa shape index (κ1) is 19.0. The van der Waals surface area contributed by atoms with Gasteiger partial charge in [0.15, 0.2) is 0 Å². The normalized spacial score (nSPS) is 12.5. The minimum absolute atomic E-state index is 0.0754. The van der Waals surface area contributed by atoms with Gasteiger partial charge in [0.05, 0.1) is 22.6 Å². The maximum atomic E-state index is 10.5. The number of para-hydroxylation sites is 2. The molecule has 0 amide bonds. The fourth-order valence-corrected chi connectivity index (χ4v) is 3.13. The van der Waals surface area contributed by atoms with E-state index in [-0.39, 0.29) is 13.2 Å². The maximum Gasteiger partial charge on any atom is 0.139 e. The van der Waals surface area contributed by atoms with E-state index in [1.807, 2.05) is 28.8 Å². The van der Waals surface area contributed by atoms with Crippen LogP contribution in [0.4, 0.5) is 0 Å². The highest BCUT2D eigenvalue weighted by Gasteiger charge is 2.15. The summed E-state index contributed by atoms with van der Waals surface area (Å²) in [5.41, 5.74) is 1.81. The first-order valence-electron chi connectivity index (χ1n) is 8.39. The third-order valence-electron chi connectivity index (χ3n) is 4.01. The zero-order chi connectivity index (χ0) is 18.5. The molecular weight excluding hydrogens is 375 g/mol. The Kier molecular flexibility index (Phi) is 6.38. The van der Waals surface area contributed by atoms with E-state index in [4.69, 9.17) is 33.0 Å². The van der Waals surface area contributed by atoms with Gasteiger partial charge < -0.3 is 19.5 Å². The zero-order valence-electron chi connectivity index (χ0n) is 14.1. The number of aromatic nitrogens is 2. The second-order valence-electron chi connectivity index (χ2n) is 5.99. The van der Waals surface area contributed by atoms with Gasteiger partial charge in [-0.05, 0) is 30.7 Å². The summed E-state index contributed by atoms with van der Waals surface area (Å²) in [5.74, 6) is 1.27. The number of imidazole rings is 1. The van der Waals surface area contributed by atoms with Gasteiger partial charge in [0.1, 0.15) is 24.3 Å².